The van der Waals surface area contributed by atoms with Crippen LogP contribution in [0.25, 0.3) is 11.1 Å². The fourth-order valence-corrected chi connectivity index (χ4v) is 4.14. The highest BCUT2D eigenvalue weighted by molar-refractivity contribution is 6.04. The van der Waals surface area contributed by atoms with E-state index in [0.717, 1.165) is 28.8 Å². The second-order valence-electron chi connectivity index (χ2n) is 8.49. The zero-order valence-corrected chi connectivity index (χ0v) is 18.5. The van der Waals surface area contributed by atoms with Crippen LogP contribution in [0.2, 0.25) is 0 Å². The lowest BCUT2D eigenvalue weighted by Crippen LogP contribution is -2.44. The average molecular weight is 464 g/mol. The molecule has 3 aromatic rings. The Balaban J connectivity index is 1.52. The van der Waals surface area contributed by atoms with E-state index in [1.165, 1.54) is 4.90 Å². The first-order valence-electron chi connectivity index (χ1n) is 10.7. The minimum atomic E-state index is -1.03. The number of anilines is 1. The maximum Gasteiger partial charge on any atom is 0.326 e. The van der Waals surface area contributed by atoms with Crippen molar-refractivity contribution in [1.82, 2.24) is 4.90 Å². The van der Waals surface area contributed by atoms with E-state index >= 15 is 0 Å². The lowest BCUT2D eigenvalue weighted by Gasteiger charge is -2.27. The molecule has 0 aromatic heterocycles. The molecule has 4 rings (SSSR count). The van der Waals surface area contributed by atoms with Crippen molar-refractivity contribution in [2.75, 3.05) is 5.32 Å². The lowest BCUT2D eigenvalue weighted by molar-refractivity contribution is -0.144. The third-order valence-corrected chi connectivity index (χ3v) is 5.81. The van der Waals surface area contributed by atoms with Crippen molar-refractivity contribution in [2.24, 2.45) is 5.92 Å². The van der Waals surface area contributed by atoms with Crippen LogP contribution in [0.5, 0.6) is 0 Å². The smallest absolute Gasteiger partial charge is 0.326 e. The monoisotopic (exact) mass is 464 g/mol. The predicted molar refractivity (Wildman–Crippen MR) is 122 cm³/mol. The molecule has 1 atom stereocenters. The molecule has 34 heavy (non-hydrogen) atoms. The summed E-state index contributed by atoms with van der Waals surface area (Å²) in [6, 6.07) is 14.0. The number of nitrogens with one attached hydrogen (secondary N) is 1. The first-order valence-corrected chi connectivity index (χ1v) is 10.7. The van der Waals surface area contributed by atoms with Crippen molar-refractivity contribution in [2.45, 2.75) is 26.4 Å². The molecule has 0 radical (unpaired) electrons. The summed E-state index contributed by atoms with van der Waals surface area (Å²) in [6.45, 7) is 3.76. The molecular formula is C26H22F2N2O4. The van der Waals surface area contributed by atoms with Gasteiger partial charge < -0.3 is 15.3 Å². The van der Waals surface area contributed by atoms with Crippen LogP contribution >= 0.6 is 0 Å². The van der Waals surface area contributed by atoms with Crippen LogP contribution in [0.3, 0.4) is 0 Å². The summed E-state index contributed by atoms with van der Waals surface area (Å²) in [6.07, 6.45) is 0. The van der Waals surface area contributed by atoms with Gasteiger partial charge >= 0.3 is 5.97 Å². The molecule has 0 bridgehead atoms. The topological polar surface area (TPSA) is 86.7 Å². The van der Waals surface area contributed by atoms with E-state index in [0.29, 0.717) is 17.3 Å². The molecular weight excluding hydrogens is 442 g/mol. The normalized spacial score (nSPS) is 13.7. The van der Waals surface area contributed by atoms with E-state index in [4.69, 9.17) is 0 Å². The summed E-state index contributed by atoms with van der Waals surface area (Å²) < 4.78 is 26.9. The van der Waals surface area contributed by atoms with Gasteiger partial charge in [0.15, 0.2) is 0 Å². The van der Waals surface area contributed by atoms with Crippen molar-refractivity contribution in [1.29, 1.82) is 0 Å². The number of amides is 2. The van der Waals surface area contributed by atoms with Gasteiger partial charge in [0.2, 0.25) is 0 Å². The van der Waals surface area contributed by atoms with E-state index in [-0.39, 0.29) is 23.9 Å². The Morgan fingerprint density at radius 1 is 0.971 bits per heavy atom. The quantitative estimate of drug-likeness (QED) is 0.541. The number of aliphatic carboxylic acids is 1. The molecule has 1 unspecified atom stereocenters. The third kappa shape index (κ3) is 4.39. The summed E-state index contributed by atoms with van der Waals surface area (Å²) in [7, 11) is 0. The summed E-state index contributed by atoms with van der Waals surface area (Å²) >= 11 is 0. The summed E-state index contributed by atoms with van der Waals surface area (Å²) in [4.78, 5) is 38.1. The number of hydrogen-bond donors (Lipinski definition) is 2. The van der Waals surface area contributed by atoms with Crippen molar-refractivity contribution >= 4 is 23.5 Å². The molecule has 0 spiro atoms. The molecule has 0 saturated heterocycles. The number of carboxylic acid groups (broad SMARTS) is 1. The Kier molecular flexibility index (Phi) is 6.15. The number of benzene rings is 3. The van der Waals surface area contributed by atoms with E-state index in [1.54, 1.807) is 50.2 Å². The summed E-state index contributed by atoms with van der Waals surface area (Å²) in [5.74, 6) is -3.97. The van der Waals surface area contributed by atoms with Gasteiger partial charge in [0, 0.05) is 23.9 Å². The second kappa shape index (κ2) is 9.05. The molecule has 1 heterocycles. The Morgan fingerprint density at radius 2 is 1.65 bits per heavy atom. The number of rotatable bonds is 6. The molecule has 0 saturated carbocycles. The molecule has 2 N–H and O–H groups in total. The van der Waals surface area contributed by atoms with Crippen LogP contribution < -0.4 is 5.32 Å². The van der Waals surface area contributed by atoms with E-state index < -0.39 is 29.6 Å². The van der Waals surface area contributed by atoms with E-state index in [2.05, 4.69) is 5.32 Å². The molecule has 2 amide bonds. The number of carboxylic acids is 1. The fourth-order valence-electron chi connectivity index (χ4n) is 4.14. The van der Waals surface area contributed by atoms with Gasteiger partial charge in [-0.3, -0.25) is 9.59 Å². The van der Waals surface area contributed by atoms with Gasteiger partial charge in [0.05, 0.1) is 5.56 Å². The van der Waals surface area contributed by atoms with Gasteiger partial charge in [-0.25, -0.2) is 13.6 Å². The van der Waals surface area contributed by atoms with E-state index in [1.807, 2.05) is 6.07 Å². The highest BCUT2D eigenvalue weighted by Crippen LogP contribution is 2.31. The van der Waals surface area contributed by atoms with Gasteiger partial charge in [-0.05, 0) is 59.0 Å². The molecule has 3 aromatic carbocycles. The van der Waals surface area contributed by atoms with Crippen LogP contribution in [0.15, 0.2) is 60.7 Å². The number of carbonyl (C=O) groups is 3. The summed E-state index contributed by atoms with van der Waals surface area (Å²) in [5.41, 5.74) is 3.05. The van der Waals surface area contributed by atoms with Gasteiger partial charge in [-0.1, -0.05) is 32.0 Å². The Bertz CT molecular complexity index is 1290. The Morgan fingerprint density at radius 3 is 2.26 bits per heavy atom. The van der Waals surface area contributed by atoms with Gasteiger partial charge in [0.25, 0.3) is 11.8 Å². The Hall–Kier alpha value is -4.07. The predicted octanol–water partition coefficient (Wildman–Crippen LogP) is 4.95. The van der Waals surface area contributed by atoms with Gasteiger partial charge in [-0.2, -0.15) is 0 Å². The van der Waals surface area contributed by atoms with Crippen molar-refractivity contribution < 1.29 is 28.3 Å². The molecule has 1 aliphatic heterocycles. The van der Waals surface area contributed by atoms with Crippen molar-refractivity contribution in [3.63, 3.8) is 0 Å². The molecule has 0 aliphatic carbocycles. The molecule has 174 valence electrons. The number of fused-ring (bicyclic) bond motifs is 1. The third-order valence-electron chi connectivity index (χ3n) is 5.81. The van der Waals surface area contributed by atoms with Gasteiger partial charge in [0.1, 0.15) is 17.7 Å². The molecule has 0 fully saturated rings. The summed E-state index contributed by atoms with van der Waals surface area (Å²) in [5, 5.41) is 12.1. The van der Waals surface area contributed by atoms with Crippen molar-refractivity contribution in [3.05, 3.63) is 89.0 Å². The standard InChI is InChI=1S/C26H22F2N2O4/c1-14(2)23(26(33)34)30-13-17-11-16(5-9-20(17)25(30)32)15-3-7-19(8-4-15)29-24(31)21-10-6-18(27)12-22(21)28/h3-12,14,23H,13H2,1-2H3,(H,29,31)(H,33,34). The van der Waals surface area contributed by atoms with Crippen LogP contribution in [0, 0.1) is 17.6 Å². The highest BCUT2D eigenvalue weighted by Gasteiger charge is 2.38. The fraction of sp³-hybridized carbons (Fsp3) is 0.192. The number of nitrogens with zero attached hydrogens (tertiary/aromatic N) is 1. The second-order valence-corrected chi connectivity index (χ2v) is 8.49. The minimum Gasteiger partial charge on any atom is -0.480 e. The highest BCUT2D eigenvalue weighted by atomic mass is 19.1. The maximum absolute atomic E-state index is 13.8. The van der Waals surface area contributed by atoms with Crippen LogP contribution in [0.4, 0.5) is 14.5 Å². The van der Waals surface area contributed by atoms with Crippen LogP contribution in [0.1, 0.15) is 40.1 Å². The first kappa shape index (κ1) is 23.1. The molecule has 8 heteroatoms. The van der Waals surface area contributed by atoms with Gasteiger partial charge in [-0.15, -0.1) is 0 Å². The minimum absolute atomic E-state index is 0.217. The molecule has 1 aliphatic rings. The Labute approximate surface area is 194 Å². The first-order chi connectivity index (χ1) is 16.2. The SMILES string of the molecule is CC(C)C(C(=O)O)N1Cc2cc(-c3ccc(NC(=O)c4ccc(F)cc4F)cc3)ccc2C1=O. The number of carbonyl (C=O) groups excluding carboxylic acids is 2. The number of hydrogen-bond acceptors (Lipinski definition) is 3. The zero-order chi connectivity index (χ0) is 24.6. The maximum atomic E-state index is 13.8. The average Bonchev–Trinajstić information content (AvgIpc) is 3.09. The lowest BCUT2D eigenvalue weighted by atomic mass is 10.0. The largest absolute Gasteiger partial charge is 0.480 e. The zero-order valence-electron chi connectivity index (χ0n) is 18.5. The number of halogens is 2. The van der Waals surface area contributed by atoms with Crippen LogP contribution in [-0.2, 0) is 11.3 Å². The van der Waals surface area contributed by atoms with Crippen molar-refractivity contribution in [3.8, 4) is 11.1 Å². The van der Waals surface area contributed by atoms with E-state index in [9.17, 15) is 28.3 Å². The molecule has 6 nitrogen and oxygen atoms in total. The van der Waals surface area contributed by atoms with Crippen LogP contribution in [-0.4, -0.2) is 33.8 Å².